The van der Waals surface area contributed by atoms with Crippen LogP contribution in [0.4, 0.5) is 34.1 Å². The van der Waals surface area contributed by atoms with Crippen LogP contribution in [-0.4, -0.2) is 21.4 Å². The first-order valence-corrected chi connectivity index (χ1v) is 13.9. The van der Waals surface area contributed by atoms with Crippen LogP contribution in [0.25, 0.3) is 0 Å². The van der Waals surface area contributed by atoms with E-state index in [0.29, 0.717) is 5.69 Å². The number of nitrogen functional groups attached to an aromatic ring is 2. The Balaban J connectivity index is 1.84. The Labute approximate surface area is 219 Å². The summed E-state index contributed by atoms with van der Waals surface area (Å²) in [6.07, 6.45) is 0. The summed E-state index contributed by atoms with van der Waals surface area (Å²) in [6.45, 7) is 1.80. The number of nitrogens with two attached hydrogens (primary N) is 2. The molecular weight excluding hydrogens is 528 g/mol. The third kappa shape index (κ3) is 5.44. The molecule has 4 aromatic carbocycles. The molecule has 38 heavy (non-hydrogen) atoms. The van der Waals surface area contributed by atoms with E-state index in [4.69, 9.17) is 11.5 Å². The molecule has 0 bridgehead atoms. The lowest BCUT2D eigenvalue weighted by molar-refractivity contribution is 0.483. The maximum absolute atomic E-state index is 13.2. The van der Waals surface area contributed by atoms with Crippen LogP contribution in [0.5, 0.6) is 0 Å². The normalized spacial score (nSPS) is 12.4. The molecule has 4 rings (SSSR count). The van der Waals surface area contributed by atoms with E-state index in [0.717, 1.165) is 11.6 Å². The average molecular weight is 551 g/mol. The third-order valence-electron chi connectivity index (χ3n) is 5.44. The SMILES string of the molecule is Cc1ccccc1N=Nc1c(N)c(N=Nc2ccccc2S(=O)(=O)c2ccccc2)cc(S(=O)(=O)O)c1N. The molecule has 0 atom stereocenters. The van der Waals surface area contributed by atoms with E-state index >= 15 is 0 Å². The number of benzene rings is 4. The molecule has 0 aliphatic rings. The molecule has 0 heterocycles. The van der Waals surface area contributed by atoms with Crippen LogP contribution in [0.1, 0.15) is 5.56 Å². The van der Waals surface area contributed by atoms with Gasteiger partial charge in [-0.1, -0.05) is 48.5 Å². The van der Waals surface area contributed by atoms with Gasteiger partial charge in [0.1, 0.15) is 22.0 Å². The van der Waals surface area contributed by atoms with Crippen LogP contribution >= 0.6 is 0 Å². The number of nitrogens with zero attached hydrogens (tertiary/aromatic N) is 4. The highest BCUT2D eigenvalue weighted by atomic mass is 32.2. The van der Waals surface area contributed by atoms with Crippen molar-refractivity contribution < 1.29 is 21.4 Å². The van der Waals surface area contributed by atoms with Gasteiger partial charge in [0.25, 0.3) is 10.1 Å². The lowest BCUT2D eigenvalue weighted by Crippen LogP contribution is -2.05. The smallest absolute Gasteiger partial charge is 0.296 e. The topological polar surface area (TPSA) is 190 Å². The number of aryl methyl sites for hydroxylation is 1. The number of azo groups is 2. The largest absolute Gasteiger partial charge is 0.396 e. The molecule has 0 saturated carbocycles. The van der Waals surface area contributed by atoms with Crippen molar-refractivity contribution in [3.63, 3.8) is 0 Å². The molecule has 4 aromatic rings. The van der Waals surface area contributed by atoms with Gasteiger partial charge in [-0.15, -0.1) is 15.3 Å². The van der Waals surface area contributed by atoms with Crippen LogP contribution in [0.15, 0.2) is 120 Å². The highest BCUT2D eigenvalue weighted by Crippen LogP contribution is 2.43. The van der Waals surface area contributed by atoms with Gasteiger partial charge >= 0.3 is 0 Å². The minimum atomic E-state index is -4.82. The summed E-state index contributed by atoms with van der Waals surface area (Å²) in [5, 5.41) is 16.1. The number of hydrogen-bond donors (Lipinski definition) is 3. The molecule has 0 aliphatic carbocycles. The van der Waals surface area contributed by atoms with Crippen molar-refractivity contribution in [2.75, 3.05) is 11.5 Å². The quantitative estimate of drug-likeness (QED) is 0.141. The minimum Gasteiger partial charge on any atom is -0.396 e. The molecule has 13 heteroatoms. The van der Waals surface area contributed by atoms with Gasteiger partial charge in [-0.25, -0.2) is 8.42 Å². The van der Waals surface area contributed by atoms with Crippen molar-refractivity contribution in [3.05, 3.63) is 90.5 Å². The summed E-state index contributed by atoms with van der Waals surface area (Å²) in [4.78, 5) is -0.773. The summed E-state index contributed by atoms with van der Waals surface area (Å²) in [5.74, 6) is 0. The molecule has 0 aliphatic heterocycles. The van der Waals surface area contributed by atoms with Crippen LogP contribution in [0.2, 0.25) is 0 Å². The lowest BCUT2D eigenvalue weighted by Gasteiger charge is -2.11. The number of anilines is 2. The standard InChI is InChI=1S/C25H22N6O5S2/c1-16-9-5-6-12-18(16)28-31-25-23(26)20(15-22(24(25)27)38(34,35)36)30-29-19-13-7-8-14-21(19)37(32,33)17-10-3-2-4-11-17/h2-15H,26-27H2,1H3,(H,34,35,36). The van der Waals surface area contributed by atoms with Gasteiger partial charge in [0.05, 0.1) is 26.9 Å². The maximum atomic E-state index is 13.2. The number of sulfone groups is 1. The van der Waals surface area contributed by atoms with Crippen LogP contribution in [0.3, 0.4) is 0 Å². The molecule has 0 unspecified atom stereocenters. The van der Waals surface area contributed by atoms with Gasteiger partial charge < -0.3 is 11.5 Å². The summed E-state index contributed by atoms with van der Waals surface area (Å²) in [5.41, 5.74) is 12.3. The second-order valence-corrected chi connectivity index (χ2v) is 11.3. The van der Waals surface area contributed by atoms with Crippen LogP contribution in [-0.2, 0) is 20.0 Å². The molecule has 0 fully saturated rings. The highest BCUT2D eigenvalue weighted by Gasteiger charge is 2.24. The van der Waals surface area contributed by atoms with Gasteiger partial charge in [0, 0.05) is 0 Å². The molecular formula is C25H22N6O5S2. The molecule has 5 N–H and O–H groups in total. The predicted octanol–water partition coefficient (Wildman–Crippen LogP) is 6.07. The third-order valence-corrected chi connectivity index (χ3v) is 8.15. The Morgan fingerprint density at radius 2 is 1.18 bits per heavy atom. The molecule has 0 saturated heterocycles. The fourth-order valence-electron chi connectivity index (χ4n) is 3.45. The number of rotatable bonds is 7. The summed E-state index contributed by atoms with van der Waals surface area (Å²) in [6, 6.07) is 21.6. The van der Waals surface area contributed by atoms with Gasteiger partial charge in [-0.2, -0.15) is 13.5 Å². The van der Waals surface area contributed by atoms with E-state index in [1.807, 2.05) is 6.07 Å². The monoisotopic (exact) mass is 550 g/mol. The summed E-state index contributed by atoms with van der Waals surface area (Å²) < 4.78 is 60.1. The molecule has 11 nitrogen and oxygen atoms in total. The minimum absolute atomic E-state index is 0.0240. The molecule has 0 radical (unpaired) electrons. The first-order valence-electron chi connectivity index (χ1n) is 11.0. The Kier molecular flexibility index (Phi) is 7.35. The highest BCUT2D eigenvalue weighted by molar-refractivity contribution is 7.91. The predicted molar refractivity (Wildman–Crippen MR) is 143 cm³/mol. The van der Waals surface area contributed by atoms with E-state index in [1.165, 1.54) is 30.3 Å². The Bertz CT molecular complexity index is 1790. The van der Waals surface area contributed by atoms with E-state index < -0.39 is 30.5 Å². The summed E-state index contributed by atoms with van der Waals surface area (Å²) in [7, 11) is -8.76. The first kappa shape index (κ1) is 26.6. The molecule has 0 aromatic heterocycles. The van der Waals surface area contributed by atoms with Crippen LogP contribution < -0.4 is 11.5 Å². The van der Waals surface area contributed by atoms with Gasteiger partial charge in [-0.3, -0.25) is 4.55 Å². The first-order chi connectivity index (χ1) is 18.0. The second kappa shape index (κ2) is 10.5. The van der Waals surface area contributed by atoms with E-state index in [2.05, 4.69) is 20.5 Å². The summed E-state index contributed by atoms with van der Waals surface area (Å²) >= 11 is 0. The molecule has 0 amide bonds. The Hall–Kier alpha value is -4.46. The van der Waals surface area contributed by atoms with E-state index in [9.17, 15) is 21.4 Å². The van der Waals surface area contributed by atoms with Crippen molar-refractivity contribution >= 4 is 54.1 Å². The molecule has 0 spiro atoms. The Morgan fingerprint density at radius 3 is 1.84 bits per heavy atom. The maximum Gasteiger partial charge on any atom is 0.296 e. The van der Waals surface area contributed by atoms with Gasteiger partial charge in [0.15, 0.2) is 0 Å². The fourth-order valence-corrected chi connectivity index (χ4v) is 5.49. The van der Waals surface area contributed by atoms with Crippen molar-refractivity contribution in [1.29, 1.82) is 0 Å². The van der Waals surface area contributed by atoms with Crippen molar-refractivity contribution in [1.82, 2.24) is 0 Å². The van der Waals surface area contributed by atoms with Crippen molar-refractivity contribution in [2.45, 2.75) is 21.6 Å². The van der Waals surface area contributed by atoms with E-state index in [-0.39, 0.29) is 32.5 Å². The second-order valence-electron chi connectivity index (χ2n) is 8.02. The lowest BCUT2D eigenvalue weighted by atomic mass is 10.2. The van der Waals surface area contributed by atoms with E-state index in [1.54, 1.807) is 49.4 Å². The molecule has 194 valence electrons. The van der Waals surface area contributed by atoms with Crippen LogP contribution in [0, 0.1) is 6.92 Å². The fraction of sp³-hybridized carbons (Fsp3) is 0.0400. The zero-order valence-corrected chi connectivity index (χ0v) is 21.6. The van der Waals surface area contributed by atoms with Crippen molar-refractivity contribution in [2.24, 2.45) is 20.5 Å². The number of hydrogen-bond acceptors (Lipinski definition) is 10. The zero-order chi connectivity index (χ0) is 27.5. The Morgan fingerprint density at radius 1 is 0.632 bits per heavy atom. The van der Waals surface area contributed by atoms with Gasteiger partial charge in [-0.05, 0) is 48.9 Å². The average Bonchev–Trinajstić information content (AvgIpc) is 2.89. The van der Waals surface area contributed by atoms with Crippen molar-refractivity contribution in [3.8, 4) is 0 Å². The van der Waals surface area contributed by atoms with Gasteiger partial charge in [0.2, 0.25) is 9.84 Å². The zero-order valence-electron chi connectivity index (χ0n) is 19.9.